The van der Waals surface area contributed by atoms with Crippen molar-refractivity contribution in [2.75, 3.05) is 78.5 Å². The Morgan fingerprint density at radius 2 is 0.656 bits per heavy atom. The first-order valence-corrected chi connectivity index (χ1v) is 21.2. The molecule has 7 N–H and O–H groups in total. The van der Waals surface area contributed by atoms with Crippen molar-refractivity contribution in [3.8, 4) is 0 Å². The Morgan fingerprint density at radius 1 is 0.393 bits per heavy atom. The number of carbonyl (C=O) groups is 5. The number of rotatable bonds is 15. The van der Waals surface area contributed by atoms with E-state index in [2.05, 4.69) is 15.0 Å². The lowest BCUT2D eigenvalue weighted by Crippen LogP contribution is -2.50. The Morgan fingerprint density at radius 3 is 0.934 bits per heavy atom. The first kappa shape index (κ1) is 42.7. The predicted octanol–water partition coefficient (Wildman–Crippen LogP) is 3.01. The second-order valence-electron chi connectivity index (χ2n) is 15.7. The van der Waals surface area contributed by atoms with Crippen LogP contribution in [-0.2, 0) is 43.2 Å². The summed E-state index contributed by atoms with van der Waals surface area (Å²) in [4.78, 5) is 89.2. The summed E-state index contributed by atoms with van der Waals surface area (Å²) in [7, 11) is 0. The molecule has 0 atom stereocenters. The first-order valence-electron chi connectivity index (χ1n) is 21.2. The van der Waals surface area contributed by atoms with Crippen molar-refractivity contribution in [3.63, 3.8) is 0 Å². The highest BCUT2D eigenvalue weighted by atomic mass is 16.2. The summed E-state index contributed by atoms with van der Waals surface area (Å²) in [5.74, 6) is -2.10. The second kappa shape index (κ2) is 20.2. The van der Waals surface area contributed by atoms with E-state index in [0.29, 0.717) is 32.1 Å². The summed E-state index contributed by atoms with van der Waals surface area (Å²) in [6.07, 6.45) is 7.91. The zero-order valence-electron chi connectivity index (χ0n) is 34.6. The Bertz CT molecular complexity index is 2390. The van der Waals surface area contributed by atoms with Crippen LogP contribution in [0.2, 0.25) is 0 Å². The molecule has 3 aromatic heterocycles. The fraction of sp³-hybridized carbons (Fsp3) is 0.370. The van der Waals surface area contributed by atoms with E-state index in [1.165, 1.54) is 24.5 Å². The van der Waals surface area contributed by atoms with Crippen molar-refractivity contribution in [2.24, 2.45) is 11.5 Å². The average Bonchev–Trinajstić information content (AvgIpc) is 4.01. The van der Waals surface area contributed by atoms with E-state index in [9.17, 15) is 24.0 Å². The molecule has 0 bridgehead atoms. The van der Waals surface area contributed by atoms with E-state index < -0.39 is 29.5 Å². The lowest BCUT2D eigenvalue weighted by atomic mass is 10.1. The average molecular weight is 829 g/mol. The number of carbonyl (C=O) groups excluding carboxylic acids is 5. The molecule has 0 saturated carbocycles. The van der Waals surface area contributed by atoms with E-state index in [-0.39, 0.29) is 78.5 Å². The lowest BCUT2D eigenvalue weighted by molar-refractivity contribution is -0.146. The molecule has 7 rings (SSSR count). The van der Waals surface area contributed by atoms with Gasteiger partial charge >= 0.3 is 0 Å². The van der Waals surface area contributed by atoms with Gasteiger partial charge in [0.2, 0.25) is 29.5 Å². The number of amides is 5. The fourth-order valence-electron chi connectivity index (χ4n) is 8.12. The van der Waals surface area contributed by atoms with E-state index in [4.69, 9.17) is 11.5 Å². The first-order chi connectivity index (χ1) is 29.7. The summed E-state index contributed by atoms with van der Waals surface area (Å²) in [6, 6.07) is 23.6. The lowest BCUT2D eigenvalue weighted by Gasteiger charge is -2.30. The minimum Gasteiger partial charge on any atom is -0.361 e. The highest BCUT2D eigenvalue weighted by Crippen LogP contribution is 2.21. The van der Waals surface area contributed by atoms with Crippen LogP contribution in [0.4, 0.5) is 0 Å². The highest BCUT2D eigenvalue weighted by molar-refractivity contribution is 5.94. The van der Waals surface area contributed by atoms with Crippen molar-refractivity contribution in [2.45, 2.75) is 32.1 Å². The quantitative estimate of drug-likeness (QED) is 0.105. The number of nitrogens with one attached hydrogen (secondary N) is 3. The number of nitrogens with two attached hydrogens (primary N) is 2. The number of para-hydroxylation sites is 3. The molecule has 15 heteroatoms. The minimum atomic E-state index is -0.424. The number of benzene rings is 3. The Labute approximate surface area is 355 Å². The van der Waals surface area contributed by atoms with E-state index in [1.807, 2.05) is 91.4 Å². The molecule has 5 amide bonds. The van der Waals surface area contributed by atoms with Crippen molar-refractivity contribution < 1.29 is 24.0 Å². The summed E-state index contributed by atoms with van der Waals surface area (Å²) in [5.41, 5.74) is 17.7. The number of hydrogen-bond donors (Lipinski definition) is 5. The molecule has 6 aromatic rings. The van der Waals surface area contributed by atoms with Crippen LogP contribution in [0, 0.1) is 0 Å². The van der Waals surface area contributed by atoms with E-state index in [1.54, 1.807) is 0 Å². The third-order valence-electron chi connectivity index (χ3n) is 11.6. The molecule has 0 spiro atoms. The number of H-pyrrole nitrogens is 3. The molecule has 1 fully saturated rings. The molecule has 3 aromatic carbocycles. The maximum atomic E-state index is 14.5. The van der Waals surface area contributed by atoms with E-state index in [0.717, 1.165) is 49.4 Å². The van der Waals surface area contributed by atoms with Gasteiger partial charge in [-0.2, -0.15) is 0 Å². The number of nitrogens with zero attached hydrogens (tertiary/aromatic N) is 5. The van der Waals surface area contributed by atoms with Gasteiger partial charge in [0.25, 0.3) is 0 Å². The van der Waals surface area contributed by atoms with Gasteiger partial charge < -0.3 is 50.9 Å². The van der Waals surface area contributed by atoms with Gasteiger partial charge in [-0.25, -0.2) is 0 Å². The molecule has 320 valence electrons. The second-order valence-corrected chi connectivity index (χ2v) is 15.7. The molecule has 1 saturated heterocycles. The maximum Gasteiger partial charge on any atom is 0.242 e. The van der Waals surface area contributed by atoms with Gasteiger partial charge in [0.05, 0.1) is 32.7 Å². The molecule has 0 unspecified atom stereocenters. The van der Waals surface area contributed by atoms with Gasteiger partial charge in [0.1, 0.15) is 0 Å². The molecule has 15 nitrogen and oxygen atoms in total. The van der Waals surface area contributed by atoms with Gasteiger partial charge in [0, 0.05) is 84.0 Å². The molecule has 1 aliphatic rings. The van der Waals surface area contributed by atoms with Crippen molar-refractivity contribution in [1.29, 1.82) is 0 Å². The van der Waals surface area contributed by atoms with Crippen LogP contribution in [0.25, 0.3) is 32.7 Å². The minimum absolute atomic E-state index is 0.188. The van der Waals surface area contributed by atoms with Gasteiger partial charge in [-0.15, -0.1) is 0 Å². The Balaban J connectivity index is 1.21. The maximum absolute atomic E-state index is 14.5. The SMILES string of the molecule is NCCCN1CC(=O)N(CCc2c[nH]c3ccccc23)CC(=O)N(CCCN)CC(=O)N(CCc2c[nH]c3ccccc23)CC(=O)N(CCc2c[nH]c3ccccc23)CC1=O. The third kappa shape index (κ3) is 10.5. The van der Waals surface area contributed by atoms with Crippen molar-refractivity contribution in [1.82, 2.24) is 39.5 Å². The van der Waals surface area contributed by atoms with Crippen LogP contribution in [0.5, 0.6) is 0 Å². The van der Waals surface area contributed by atoms with Gasteiger partial charge in [-0.05, 0) is 80.1 Å². The third-order valence-corrected chi connectivity index (χ3v) is 11.6. The monoisotopic (exact) mass is 828 g/mol. The fourth-order valence-corrected chi connectivity index (χ4v) is 8.12. The van der Waals surface area contributed by atoms with Crippen LogP contribution in [0.1, 0.15) is 29.5 Å². The smallest absolute Gasteiger partial charge is 0.242 e. The number of aromatic nitrogens is 3. The highest BCUT2D eigenvalue weighted by Gasteiger charge is 2.31. The standard InChI is InChI=1S/C46H56N10O5/c47-18-7-20-52-28-44(59)54(22-15-33-25-49-39-12-4-1-9-36(33)39)30-42(57)53(21-8-19-48)29-45(60)56(24-17-35-27-51-41-14-6-3-11-38(35)41)32-46(61)55(31-43(52)58)23-16-34-26-50-40-13-5-2-10-37(34)40/h1-6,9-14,25-27,49-51H,7-8,15-24,28-32,47-48H2. The van der Waals surface area contributed by atoms with Crippen molar-refractivity contribution in [3.05, 3.63) is 108 Å². The largest absolute Gasteiger partial charge is 0.361 e. The topological polar surface area (TPSA) is 201 Å². The molecule has 0 radical (unpaired) electrons. The van der Waals surface area contributed by atoms with Gasteiger partial charge in [0.15, 0.2) is 0 Å². The summed E-state index contributed by atoms with van der Waals surface area (Å²) in [6.45, 7) is -0.00724. The molecular formula is C46H56N10O5. The molecule has 61 heavy (non-hydrogen) atoms. The predicted molar refractivity (Wildman–Crippen MR) is 236 cm³/mol. The molecular weight excluding hydrogens is 773 g/mol. The summed E-state index contributed by atoms with van der Waals surface area (Å²) < 4.78 is 0. The number of aromatic amines is 3. The Hall–Kier alpha value is -6.45. The molecule has 4 heterocycles. The summed E-state index contributed by atoms with van der Waals surface area (Å²) in [5, 5.41) is 3.04. The van der Waals surface area contributed by atoms with Crippen LogP contribution >= 0.6 is 0 Å². The normalized spacial score (nSPS) is 15.5. The molecule has 1 aliphatic heterocycles. The summed E-state index contributed by atoms with van der Waals surface area (Å²) >= 11 is 0. The van der Waals surface area contributed by atoms with Gasteiger partial charge in [-0.1, -0.05) is 54.6 Å². The zero-order valence-corrected chi connectivity index (χ0v) is 34.6. The van der Waals surface area contributed by atoms with E-state index >= 15 is 0 Å². The molecule has 0 aliphatic carbocycles. The van der Waals surface area contributed by atoms with Crippen molar-refractivity contribution >= 4 is 62.2 Å². The number of hydrogen-bond acceptors (Lipinski definition) is 7. The van der Waals surface area contributed by atoms with Crippen LogP contribution in [0.3, 0.4) is 0 Å². The van der Waals surface area contributed by atoms with Gasteiger partial charge in [-0.3, -0.25) is 24.0 Å². The Kier molecular flexibility index (Phi) is 14.1. The van der Waals surface area contributed by atoms with Crippen LogP contribution in [-0.4, -0.2) is 148 Å². The number of fused-ring (bicyclic) bond motifs is 3. The van der Waals surface area contributed by atoms with Crippen LogP contribution in [0.15, 0.2) is 91.4 Å². The van der Waals surface area contributed by atoms with Crippen LogP contribution < -0.4 is 11.5 Å². The zero-order chi connectivity index (χ0) is 42.7.